The van der Waals surface area contributed by atoms with Crippen molar-refractivity contribution in [2.45, 2.75) is 6.54 Å². The van der Waals surface area contributed by atoms with Crippen LogP contribution in [-0.2, 0) is 11.3 Å². The van der Waals surface area contributed by atoms with Crippen LogP contribution in [0, 0.1) is 11.6 Å². The van der Waals surface area contributed by atoms with E-state index in [0.29, 0.717) is 5.82 Å². The van der Waals surface area contributed by atoms with Gasteiger partial charge in [0.15, 0.2) is 5.82 Å². The number of rotatable bonds is 4. The van der Waals surface area contributed by atoms with Crippen molar-refractivity contribution in [1.82, 2.24) is 14.5 Å². The molecule has 130 valence electrons. The zero-order valence-electron chi connectivity index (χ0n) is 13.3. The van der Waals surface area contributed by atoms with Gasteiger partial charge in [-0.25, -0.2) is 13.8 Å². The lowest BCUT2D eigenvalue weighted by molar-refractivity contribution is -0.116. The second-order valence-electron chi connectivity index (χ2n) is 5.55. The average Bonchev–Trinajstić information content (AvgIpc) is 3.26. The number of hydrogen-bond donors (Lipinski definition) is 1. The van der Waals surface area contributed by atoms with Crippen LogP contribution in [0.25, 0.3) is 21.7 Å². The molecule has 2 aromatic carbocycles. The largest absolute Gasteiger partial charge is 0.322 e. The van der Waals surface area contributed by atoms with Crippen LogP contribution < -0.4 is 5.32 Å². The first-order valence-corrected chi connectivity index (χ1v) is 8.59. The summed E-state index contributed by atoms with van der Waals surface area (Å²) in [6.07, 6.45) is 1.68. The molecule has 0 spiro atoms. The maximum Gasteiger partial charge on any atom is 0.244 e. The van der Waals surface area contributed by atoms with E-state index in [0.717, 1.165) is 28.0 Å². The summed E-state index contributed by atoms with van der Waals surface area (Å²) in [6, 6.07) is 10.4. The van der Waals surface area contributed by atoms with Gasteiger partial charge in [-0.05, 0) is 24.3 Å². The zero-order chi connectivity index (χ0) is 18.1. The lowest BCUT2D eigenvalue weighted by Gasteiger charge is -2.10. The van der Waals surface area contributed by atoms with Gasteiger partial charge in [0.2, 0.25) is 5.91 Å². The lowest BCUT2D eigenvalue weighted by atomic mass is 10.3. The number of carbonyl (C=O) groups excluding carboxylic acids is 1. The van der Waals surface area contributed by atoms with Gasteiger partial charge in [0.05, 0.1) is 27.1 Å². The number of thiazole rings is 1. The Hall–Kier alpha value is -3.13. The Labute approximate surface area is 150 Å². The molecular formula is C18H12F2N4OS. The number of anilines is 1. The number of amides is 1. The summed E-state index contributed by atoms with van der Waals surface area (Å²) in [5.74, 6) is -1.35. The van der Waals surface area contributed by atoms with Crippen LogP contribution in [0.5, 0.6) is 0 Å². The van der Waals surface area contributed by atoms with Gasteiger partial charge in [0.1, 0.15) is 18.2 Å². The summed E-state index contributed by atoms with van der Waals surface area (Å²) in [7, 11) is 0. The first-order valence-electron chi connectivity index (χ1n) is 7.71. The predicted molar refractivity (Wildman–Crippen MR) is 95.8 cm³/mol. The van der Waals surface area contributed by atoms with Gasteiger partial charge < -0.3 is 9.88 Å². The smallest absolute Gasteiger partial charge is 0.244 e. The SMILES string of the molecule is O=C(Cn1c(-c2cncs2)nc2ccccc21)Nc1ccc(F)cc1F. The summed E-state index contributed by atoms with van der Waals surface area (Å²) < 4.78 is 28.5. The Morgan fingerprint density at radius 3 is 2.81 bits per heavy atom. The number of benzene rings is 2. The fourth-order valence-corrected chi connectivity index (χ4v) is 3.29. The highest BCUT2D eigenvalue weighted by molar-refractivity contribution is 7.13. The van der Waals surface area contributed by atoms with E-state index in [1.807, 2.05) is 24.3 Å². The van der Waals surface area contributed by atoms with Crippen molar-refractivity contribution in [3.63, 3.8) is 0 Å². The van der Waals surface area contributed by atoms with E-state index in [2.05, 4.69) is 15.3 Å². The van der Waals surface area contributed by atoms with E-state index in [1.165, 1.54) is 17.4 Å². The Kier molecular flexibility index (Phi) is 4.18. The van der Waals surface area contributed by atoms with Crippen LogP contribution in [0.15, 0.2) is 54.2 Å². The quantitative estimate of drug-likeness (QED) is 0.589. The Balaban J connectivity index is 1.68. The second kappa shape index (κ2) is 6.64. The fourth-order valence-electron chi connectivity index (χ4n) is 2.67. The van der Waals surface area contributed by atoms with E-state index in [9.17, 15) is 13.6 Å². The number of nitrogens with one attached hydrogen (secondary N) is 1. The zero-order valence-corrected chi connectivity index (χ0v) is 14.1. The molecule has 4 rings (SSSR count). The van der Waals surface area contributed by atoms with E-state index in [1.54, 1.807) is 16.3 Å². The average molecular weight is 370 g/mol. The molecule has 0 aliphatic carbocycles. The summed E-state index contributed by atoms with van der Waals surface area (Å²) in [6.45, 7) is -0.0649. The van der Waals surface area contributed by atoms with Gasteiger partial charge in [-0.15, -0.1) is 11.3 Å². The molecule has 8 heteroatoms. The highest BCUT2D eigenvalue weighted by Gasteiger charge is 2.17. The molecule has 2 heterocycles. The number of imidazole rings is 1. The number of aromatic nitrogens is 3. The standard InChI is InChI=1S/C18H12F2N4OS/c19-11-5-6-13(12(20)7-11)22-17(25)9-24-15-4-2-1-3-14(15)23-18(24)16-8-21-10-26-16/h1-8,10H,9H2,(H,22,25). The summed E-state index contributed by atoms with van der Waals surface area (Å²) in [5.41, 5.74) is 3.15. The minimum absolute atomic E-state index is 0.0649. The van der Waals surface area contributed by atoms with Crippen molar-refractivity contribution in [3.05, 3.63) is 65.8 Å². The van der Waals surface area contributed by atoms with Crippen LogP contribution in [0.1, 0.15) is 0 Å². The molecule has 0 fully saturated rings. The van der Waals surface area contributed by atoms with Crippen molar-refractivity contribution in [2.75, 3.05) is 5.32 Å². The Bertz CT molecular complexity index is 1090. The fraction of sp³-hybridized carbons (Fsp3) is 0.0556. The molecule has 0 saturated heterocycles. The van der Waals surface area contributed by atoms with Crippen LogP contribution in [-0.4, -0.2) is 20.4 Å². The summed E-state index contributed by atoms with van der Waals surface area (Å²) in [5, 5.41) is 2.47. The monoisotopic (exact) mass is 370 g/mol. The Morgan fingerprint density at radius 1 is 1.19 bits per heavy atom. The topological polar surface area (TPSA) is 59.8 Å². The molecule has 0 atom stereocenters. The molecule has 0 aliphatic heterocycles. The molecule has 0 saturated carbocycles. The third-order valence-corrected chi connectivity index (χ3v) is 4.58. The minimum atomic E-state index is -0.823. The molecule has 2 aromatic heterocycles. The number of para-hydroxylation sites is 2. The van der Waals surface area contributed by atoms with E-state index >= 15 is 0 Å². The van der Waals surface area contributed by atoms with Gasteiger partial charge in [0.25, 0.3) is 0 Å². The molecule has 0 radical (unpaired) electrons. The Morgan fingerprint density at radius 2 is 2.04 bits per heavy atom. The molecule has 1 N–H and O–H groups in total. The molecule has 0 bridgehead atoms. The van der Waals surface area contributed by atoms with Crippen molar-refractivity contribution >= 4 is 34.0 Å². The molecular weight excluding hydrogens is 358 g/mol. The number of nitrogens with zero attached hydrogens (tertiary/aromatic N) is 3. The molecule has 5 nitrogen and oxygen atoms in total. The van der Waals surface area contributed by atoms with Crippen molar-refractivity contribution in [1.29, 1.82) is 0 Å². The van der Waals surface area contributed by atoms with Gasteiger partial charge in [-0.2, -0.15) is 0 Å². The van der Waals surface area contributed by atoms with Crippen LogP contribution in [0.3, 0.4) is 0 Å². The molecule has 4 aromatic rings. The van der Waals surface area contributed by atoms with Gasteiger partial charge >= 0.3 is 0 Å². The first-order chi connectivity index (χ1) is 12.6. The van der Waals surface area contributed by atoms with Crippen molar-refractivity contribution < 1.29 is 13.6 Å². The van der Waals surface area contributed by atoms with E-state index in [-0.39, 0.29) is 12.2 Å². The molecule has 26 heavy (non-hydrogen) atoms. The van der Waals surface area contributed by atoms with Gasteiger partial charge in [-0.1, -0.05) is 12.1 Å². The maximum atomic E-state index is 13.8. The normalized spacial score (nSPS) is 11.0. The summed E-state index contributed by atoms with van der Waals surface area (Å²) in [4.78, 5) is 21.9. The first kappa shape index (κ1) is 16.3. The number of carbonyl (C=O) groups is 1. The molecule has 0 aliphatic rings. The minimum Gasteiger partial charge on any atom is -0.322 e. The summed E-state index contributed by atoms with van der Waals surface area (Å²) >= 11 is 1.41. The number of fused-ring (bicyclic) bond motifs is 1. The third-order valence-electron chi connectivity index (χ3n) is 3.81. The predicted octanol–water partition coefficient (Wildman–Crippen LogP) is 4.08. The van der Waals surface area contributed by atoms with Crippen LogP contribution in [0.2, 0.25) is 0 Å². The number of halogens is 2. The lowest BCUT2D eigenvalue weighted by Crippen LogP contribution is -2.20. The van der Waals surface area contributed by atoms with Crippen molar-refractivity contribution in [3.8, 4) is 10.7 Å². The van der Waals surface area contributed by atoms with E-state index in [4.69, 9.17) is 0 Å². The second-order valence-corrected chi connectivity index (χ2v) is 6.43. The molecule has 0 unspecified atom stereocenters. The highest BCUT2D eigenvalue weighted by atomic mass is 32.1. The number of hydrogen-bond acceptors (Lipinski definition) is 4. The van der Waals surface area contributed by atoms with Gasteiger partial charge in [0, 0.05) is 12.3 Å². The maximum absolute atomic E-state index is 13.8. The van der Waals surface area contributed by atoms with Crippen molar-refractivity contribution in [2.24, 2.45) is 0 Å². The molecule has 1 amide bonds. The van der Waals surface area contributed by atoms with Crippen LogP contribution >= 0.6 is 11.3 Å². The third kappa shape index (κ3) is 3.06. The van der Waals surface area contributed by atoms with Crippen LogP contribution in [0.4, 0.5) is 14.5 Å². The van der Waals surface area contributed by atoms with Gasteiger partial charge in [-0.3, -0.25) is 9.78 Å². The highest BCUT2D eigenvalue weighted by Crippen LogP contribution is 2.27. The van der Waals surface area contributed by atoms with E-state index < -0.39 is 17.5 Å².